The molecule has 0 saturated carbocycles. The van der Waals surface area contributed by atoms with Gasteiger partial charge in [0.25, 0.3) is 0 Å². The van der Waals surface area contributed by atoms with E-state index in [1.165, 1.54) is 33.6 Å². The molecule has 1 heterocycles. The van der Waals surface area contributed by atoms with Crippen LogP contribution in [-0.2, 0) is 5.41 Å². The molecule has 1 aliphatic carbocycles. The van der Waals surface area contributed by atoms with Crippen molar-refractivity contribution in [2.24, 2.45) is 0 Å². The Labute approximate surface area is 161 Å². The summed E-state index contributed by atoms with van der Waals surface area (Å²) in [5, 5.41) is 0. The summed E-state index contributed by atoms with van der Waals surface area (Å²) in [5.41, 5.74) is 7.77. The summed E-state index contributed by atoms with van der Waals surface area (Å²) in [5.74, 6) is 0. The predicted molar refractivity (Wildman–Crippen MR) is 113 cm³/mol. The van der Waals surface area contributed by atoms with E-state index < -0.39 is 0 Å². The molecule has 0 radical (unpaired) electrons. The summed E-state index contributed by atoms with van der Waals surface area (Å²) >= 11 is 0. The van der Waals surface area contributed by atoms with Crippen LogP contribution in [0.1, 0.15) is 29.5 Å². The number of allylic oxidation sites excluding steroid dienone is 3. The van der Waals surface area contributed by atoms with E-state index in [0.29, 0.717) is 0 Å². The molecule has 2 aliphatic rings. The lowest BCUT2D eigenvalue weighted by Crippen LogP contribution is -2.42. The number of hydrogen-bond donors (Lipinski definition) is 0. The number of rotatable bonds is 2. The highest BCUT2D eigenvalue weighted by Crippen LogP contribution is 2.55. The smallest absolute Gasteiger partial charge is 0.0738 e. The van der Waals surface area contributed by atoms with Crippen LogP contribution < -0.4 is 4.90 Å². The minimum atomic E-state index is -0.280. The van der Waals surface area contributed by atoms with Gasteiger partial charge in [-0.1, -0.05) is 91.0 Å². The average molecular weight is 349 g/mol. The molecule has 0 unspecified atom stereocenters. The molecule has 27 heavy (non-hydrogen) atoms. The SMILES string of the molecule is CN1C2=CCCC=C2C(c2ccccc2)(c2ccccc2)c2ccccc21. The minimum absolute atomic E-state index is 0.280. The summed E-state index contributed by atoms with van der Waals surface area (Å²) in [7, 11) is 2.20. The summed E-state index contributed by atoms with van der Waals surface area (Å²) in [4.78, 5) is 2.37. The van der Waals surface area contributed by atoms with Crippen LogP contribution >= 0.6 is 0 Å². The highest BCUT2D eigenvalue weighted by Gasteiger charge is 2.47. The Balaban J connectivity index is 1.96. The molecule has 3 aromatic carbocycles. The van der Waals surface area contributed by atoms with Crippen LogP contribution in [0, 0.1) is 0 Å². The van der Waals surface area contributed by atoms with E-state index in [-0.39, 0.29) is 5.41 Å². The zero-order chi connectivity index (χ0) is 18.3. The molecule has 0 atom stereocenters. The third-order valence-corrected chi connectivity index (χ3v) is 5.98. The van der Waals surface area contributed by atoms with Gasteiger partial charge in [-0.05, 0) is 41.2 Å². The van der Waals surface area contributed by atoms with Crippen molar-refractivity contribution < 1.29 is 0 Å². The van der Waals surface area contributed by atoms with Crippen LogP contribution in [0.15, 0.2) is 108 Å². The van der Waals surface area contributed by atoms with E-state index in [1.54, 1.807) is 0 Å². The normalized spacial score (nSPS) is 17.4. The molecule has 1 heteroatoms. The lowest BCUT2D eigenvalue weighted by atomic mass is 9.60. The molecule has 0 saturated heterocycles. The number of hydrogen-bond acceptors (Lipinski definition) is 1. The highest BCUT2D eigenvalue weighted by atomic mass is 15.1. The van der Waals surface area contributed by atoms with Gasteiger partial charge in [0.05, 0.1) is 5.41 Å². The van der Waals surface area contributed by atoms with E-state index in [1.807, 2.05) is 0 Å². The zero-order valence-electron chi connectivity index (χ0n) is 15.6. The topological polar surface area (TPSA) is 3.24 Å². The lowest BCUT2D eigenvalue weighted by molar-refractivity contribution is 0.684. The van der Waals surface area contributed by atoms with Crippen molar-refractivity contribution in [2.45, 2.75) is 18.3 Å². The summed E-state index contributed by atoms with van der Waals surface area (Å²) in [6.45, 7) is 0. The number of anilines is 1. The summed E-state index contributed by atoms with van der Waals surface area (Å²) in [6, 6.07) is 30.8. The van der Waals surface area contributed by atoms with Crippen molar-refractivity contribution in [1.29, 1.82) is 0 Å². The van der Waals surface area contributed by atoms with Gasteiger partial charge in [-0.3, -0.25) is 0 Å². The van der Waals surface area contributed by atoms with Gasteiger partial charge in [0, 0.05) is 18.4 Å². The molecule has 1 aliphatic heterocycles. The van der Waals surface area contributed by atoms with Crippen LogP contribution in [0.2, 0.25) is 0 Å². The second kappa shape index (κ2) is 6.28. The Bertz CT molecular complexity index is 989. The van der Waals surface area contributed by atoms with Crippen molar-refractivity contribution in [3.8, 4) is 0 Å². The fraction of sp³-hybridized carbons (Fsp3) is 0.154. The Morgan fingerprint density at radius 2 is 1.22 bits per heavy atom. The standard InChI is InChI=1S/C26H23N/c1-27-24-18-10-8-16-22(24)26(20-12-4-2-5-13-20,21-14-6-3-7-15-21)23-17-9-11-19-25(23)27/h2-8,10,12-19H,9,11H2,1H3. The Kier molecular flexibility index (Phi) is 3.75. The third-order valence-electron chi connectivity index (χ3n) is 5.98. The van der Waals surface area contributed by atoms with Gasteiger partial charge < -0.3 is 4.90 Å². The van der Waals surface area contributed by atoms with Crippen molar-refractivity contribution in [3.05, 3.63) is 125 Å². The van der Waals surface area contributed by atoms with E-state index in [9.17, 15) is 0 Å². The van der Waals surface area contributed by atoms with Gasteiger partial charge in [0.1, 0.15) is 0 Å². The fourth-order valence-electron chi connectivity index (χ4n) is 4.85. The molecular weight excluding hydrogens is 326 g/mol. The van der Waals surface area contributed by atoms with Gasteiger partial charge in [0.2, 0.25) is 0 Å². The lowest BCUT2D eigenvalue weighted by Gasteiger charge is -2.48. The molecule has 132 valence electrons. The molecule has 0 fully saturated rings. The first kappa shape index (κ1) is 16.1. The second-order valence-electron chi connectivity index (χ2n) is 7.34. The van der Waals surface area contributed by atoms with Gasteiger partial charge in [-0.2, -0.15) is 0 Å². The Hall–Kier alpha value is -3.06. The maximum absolute atomic E-state index is 2.46. The quantitative estimate of drug-likeness (QED) is 0.542. The number of benzene rings is 3. The number of nitrogens with zero attached hydrogens (tertiary/aromatic N) is 1. The molecule has 1 nitrogen and oxygen atoms in total. The first-order valence-corrected chi connectivity index (χ1v) is 9.69. The number of likely N-dealkylation sites (N-methyl/N-ethyl adjacent to an activating group) is 1. The van der Waals surface area contributed by atoms with Crippen molar-refractivity contribution in [1.82, 2.24) is 0 Å². The fourth-order valence-corrected chi connectivity index (χ4v) is 4.85. The predicted octanol–water partition coefficient (Wildman–Crippen LogP) is 6.07. The van der Waals surface area contributed by atoms with Gasteiger partial charge in [0.15, 0.2) is 0 Å². The third kappa shape index (κ3) is 2.24. The van der Waals surface area contributed by atoms with Gasteiger partial charge >= 0.3 is 0 Å². The van der Waals surface area contributed by atoms with Gasteiger partial charge in [-0.25, -0.2) is 0 Å². The minimum Gasteiger partial charge on any atom is -0.344 e. The highest BCUT2D eigenvalue weighted by molar-refractivity contribution is 5.78. The molecule has 0 spiro atoms. The van der Waals surface area contributed by atoms with Crippen LogP contribution in [0.3, 0.4) is 0 Å². The second-order valence-corrected chi connectivity index (χ2v) is 7.34. The molecule has 3 aromatic rings. The van der Waals surface area contributed by atoms with Crippen molar-refractivity contribution in [2.75, 3.05) is 11.9 Å². The van der Waals surface area contributed by atoms with Crippen LogP contribution in [0.25, 0.3) is 0 Å². The molecule has 0 aromatic heterocycles. The van der Waals surface area contributed by atoms with Gasteiger partial charge in [-0.15, -0.1) is 0 Å². The Morgan fingerprint density at radius 3 is 1.89 bits per heavy atom. The molecular formula is C26H23N. The summed E-state index contributed by atoms with van der Waals surface area (Å²) < 4.78 is 0. The Morgan fingerprint density at radius 1 is 0.667 bits per heavy atom. The van der Waals surface area contributed by atoms with E-state index in [4.69, 9.17) is 0 Å². The van der Waals surface area contributed by atoms with Crippen LogP contribution in [-0.4, -0.2) is 7.05 Å². The van der Waals surface area contributed by atoms with E-state index >= 15 is 0 Å². The molecule has 0 bridgehead atoms. The van der Waals surface area contributed by atoms with Crippen molar-refractivity contribution in [3.63, 3.8) is 0 Å². The van der Waals surface area contributed by atoms with E-state index in [0.717, 1.165) is 12.8 Å². The average Bonchev–Trinajstić information content (AvgIpc) is 2.76. The number of fused-ring (bicyclic) bond motifs is 2. The molecule has 0 N–H and O–H groups in total. The maximum atomic E-state index is 2.46. The first-order valence-electron chi connectivity index (χ1n) is 9.69. The van der Waals surface area contributed by atoms with Crippen molar-refractivity contribution >= 4 is 5.69 Å². The van der Waals surface area contributed by atoms with Crippen LogP contribution in [0.4, 0.5) is 5.69 Å². The monoisotopic (exact) mass is 349 g/mol. The molecule has 0 amide bonds. The zero-order valence-corrected chi connectivity index (χ0v) is 15.6. The summed E-state index contributed by atoms with van der Waals surface area (Å²) in [6.07, 6.45) is 7.06. The molecule has 5 rings (SSSR count). The van der Waals surface area contributed by atoms with Crippen LogP contribution in [0.5, 0.6) is 0 Å². The maximum Gasteiger partial charge on any atom is 0.0738 e. The van der Waals surface area contributed by atoms with E-state index in [2.05, 4.69) is 109 Å². The largest absolute Gasteiger partial charge is 0.344 e. The first-order chi connectivity index (χ1) is 13.3. The number of para-hydroxylation sites is 1.